The fourth-order valence-corrected chi connectivity index (χ4v) is 3.71. The van der Waals surface area contributed by atoms with Gasteiger partial charge in [0, 0.05) is 25.2 Å². The van der Waals surface area contributed by atoms with Crippen LogP contribution in [0.25, 0.3) is 0 Å². The van der Waals surface area contributed by atoms with E-state index in [1.165, 1.54) is 25.0 Å². The predicted octanol–water partition coefficient (Wildman–Crippen LogP) is 2.13. The number of rotatable bonds is 3. The van der Waals surface area contributed by atoms with Crippen LogP contribution in [-0.4, -0.2) is 41.9 Å². The summed E-state index contributed by atoms with van der Waals surface area (Å²) in [5.74, 6) is 0.127. The van der Waals surface area contributed by atoms with E-state index in [-0.39, 0.29) is 11.6 Å². The third kappa shape index (κ3) is 3.69. The van der Waals surface area contributed by atoms with Crippen molar-refractivity contribution in [2.75, 3.05) is 26.2 Å². The molecular weight excluding hydrogens is 294 g/mol. The Morgan fingerprint density at radius 2 is 1.74 bits per heavy atom. The SMILES string of the molecule is O=C(Cc1ccc([N+](=O)[O-])cc1)N1CCC2(CCNCC2)CC1. The maximum Gasteiger partial charge on any atom is 0.269 e. The summed E-state index contributed by atoms with van der Waals surface area (Å²) in [6.45, 7) is 3.87. The maximum atomic E-state index is 12.4. The molecule has 1 aromatic rings. The molecule has 0 aliphatic carbocycles. The molecule has 1 aromatic carbocycles. The van der Waals surface area contributed by atoms with E-state index >= 15 is 0 Å². The molecule has 0 atom stereocenters. The smallest absolute Gasteiger partial charge is 0.269 e. The van der Waals surface area contributed by atoms with Gasteiger partial charge in [-0.1, -0.05) is 12.1 Å². The highest BCUT2D eigenvalue weighted by Gasteiger charge is 2.36. The topological polar surface area (TPSA) is 75.5 Å². The number of amides is 1. The van der Waals surface area contributed by atoms with Crippen LogP contribution >= 0.6 is 0 Å². The Balaban J connectivity index is 1.54. The van der Waals surface area contributed by atoms with Crippen LogP contribution in [0, 0.1) is 15.5 Å². The van der Waals surface area contributed by atoms with Crippen molar-refractivity contribution in [3.63, 3.8) is 0 Å². The van der Waals surface area contributed by atoms with Crippen LogP contribution in [0.5, 0.6) is 0 Å². The van der Waals surface area contributed by atoms with Crippen molar-refractivity contribution in [2.24, 2.45) is 5.41 Å². The first-order chi connectivity index (χ1) is 11.1. The van der Waals surface area contributed by atoms with Crippen molar-refractivity contribution in [3.8, 4) is 0 Å². The van der Waals surface area contributed by atoms with Gasteiger partial charge >= 0.3 is 0 Å². The third-order valence-corrected chi connectivity index (χ3v) is 5.34. The van der Waals surface area contributed by atoms with Gasteiger partial charge in [0.2, 0.25) is 5.91 Å². The lowest BCUT2D eigenvalue weighted by molar-refractivity contribution is -0.384. The number of benzene rings is 1. The van der Waals surface area contributed by atoms with Gasteiger partial charge in [-0.25, -0.2) is 0 Å². The molecule has 6 nitrogen and oxygen atoms in total. The molecule has 6 heteroatoms. The molecule has 0 aromatic heterocycles. The number of likely N-dealkylation sites (tertiary alicyclic amines) is 1. The monoisotopic (exact) mass is 317 g/mol. The second-order valence-corrected chi connectivity index (χ2v) is 6.73. The molecule has 0 saturated carbocycles. The molecule has 0 bridgehead atoms. The molecule has 0 radical (unpaired) electrons. The van der Waals surface area contributed by atoms with Crippen molar-refractivity contribution >= 4 is 11.6 Å². The van der Waals surface area contributed by atoms with E-state index < -0.39 is 4.92 Å². The van der Waals surface area contributed by atoms with Crippen LogP contribution in [0.15, 0.2) is 24.3 Å². The number of hydrogen-bond acceptors (Lipinski definition) is 4. The normalized spacial score (nSPS) is 20.4. The molecule has 2 heterocycles. The van der Waals surface area contributed by atoms with Crippen molar-refractivity contribution in [1.29, 1.82) is 0 Å². The first-order valence-electron chi connectivity index (χ1n) is 8.30. The van der Waals surface area contributed by atoms with Gasteiger partial charge in [-0.15, -0.1) is 0 Å². The van der Waals surface area contributed by atoms with Crippen LogP contribution in [0.4, 0.5) is 5.69 Å². The quantitative estimate of drug-likeness (QED) is 0.684. The van der Waals surface area contributed by atoms with Crippen molar-refractivity contribution in [1.82, 2.24) is 10.2 Å². The molecule has 1 spiro atoms. The lowest BCUT2D eigenvalue weighted by atomic mass is 9.71. The second kappa shape index (κ2) is 6.66. The van der Waals surface area contributed by atoms with Crippen LogP contribution in [0.2, 0.25) is 0 Å². The summed E-state index contributed by atoms with van der Waals surface area (Å²) in [5, 5.41) is 14.1. The fourth-order valence-electron chi connectivity index (χ4n) is 3.71. The van der Waals surface area contributed by atoms with Crippen molar-refractivity contribution < 1.29 is 9.72 Å². The number of piperidine rings is 2. The minimum atomic E-state index is -0.422. The van der Waals surface area contributed by atoms with E-state index in [0.717, 1.165) is 44.6 Å². The van der Waals surface area contributed by atoms with Crippen LogP contribution in [-0.2, 0) is 11.2 Å². The molecule has 1 amide bonds. The van der Waals surface area contributed by atoms with E-state index in [9.17, 15) is 14.9 Å². The summed E-state index contributed by atoms with van der Waals surface area (Å²) in [6, 6.07) is 6.27. The Bertz CT molecular complexity index is 569. The van der Waals surface area contributed by atoms with Gasteiger partial charge in [-0.05, 0) is 49.8 Å². The van der Waals surface area contributed by atoms with Gasteiger partial charge in [0.25, 0.3) is 5.69 Å². The summed E-state index contributed by atoms with van der Waals surface area (Å²) >= 11 is 0. The van der Waals surface area contributed by atoms with E-state index in [2.05, 4.69) is 5.32 Å². The number of nitro groups is 1. The van der Waals surface area contributed by atoms with Crippen LogP contribution in [0.3, 0.4) is 0 Å². The molecule has 2 aliphatic rings. The number of carbonyl (C=O) groups excluding carboxylic acids is 1. The first-order valence-corrected chi connectivity index (χ1v) is 8.30. The third-order valence-electron chi connectivity index (χ3n) is 5.34. The highest BCUT2D eigenvalue weighted by atomic mass is 16.6. The molecular formula is C17H23N3O3. The largest absolute Gasteiger partial charge is 0.342 e. The molecule has 2 fully saturated rings. The zero-order valence-corrected chi connectivity index (χ0v) is 13.3. The number of nitrogens with zero attached hydrogens (tertiary/aromatic N) is 2. The Morgan fingerprint density at radius 1 is 1.13 bits per heavy atom. The first kappa shape index (κ1) is 15.9. The predicted molar refractivity (Wildman–Crippen MR) is 87.2 cm³/mol. The Hall–Kier alpha value is -1.95. The van der Waals surface area contributed by atoms with E-state index in [0.29, 0.717) is 11.8 Å². The van der Waals surface area contributed by atoms with Gasteiger partial charge in [0.05, 0.1) is 11.3 Å². The highest BCUT2D eigenvalue weighted by molar-refractivity contribution is 5.79. The van der Waals surface area contributed by atoms with Gasteiger partial charge in [-0.2, -0.15) is 0 Å². The summed E-state index contributed by atoms with van der Waals surface area (Å²) in [7, 11) is 0. The molecule has 23 heavy (non-hydrogen) atoms. The van der Waals surface area contributed by atoms with Crippen LogP contribution < -0.4 is 5.32 Å². The summed E-state index contributed by atoms with van der Waals surface area (Å²) in [6.07, 6.45) is 4.96. The minimum Gasteiger partial charge on any atom is -0.342 e. The average Bonchev–Trinajstić information content (AvgIpc) is 2.56. The van der Waals surface area contributed by atoms with Crippen molar-refractivity contribution in [3.05, 3.63) is 39.9 Å². The standard InChI is InChI=1S/C17H23N3O3/c21-16(13-14-1-3-15(4-2-14)20(22)23)19-11-7-17(8-12-19)5-9-18-10-6-17/h1-4,18H,5-13H2. The van der Waals surface area contributed by atoms with E-state index in [4.69, 9.17) is 0 Å². The molecule has 124 valence electrons. The molecule has 2 saturated heterocycles. The minimum absolute atomic E-state index is 0.0621. The molecule has 1 N–H and O–H groups in total. The van der Waals surface area contributed by atoms with Gasteiger partial charge in [0.1, 0.15) is 0 Å². The Kier molecular flexibility index (Phi) is 4.61. The number of nitrogens with one attached hydrogen (secondary N) is 1. The van der Waals surface area contributed by atoms with Gasteiger partial charge in [-0.3, -0.25) is 14.9 Å². The number of hydrogen-bond donors (Lipinski definition) is 1. The number of non-ortho nitro benzene ring substituents is 1. The Morgan fingerprint density at radius 3 is 2.30 bits per heavy atom. The van der Waals surface area contributed by atoms with E-state index in [1.807, 2.05) is 4.90 Å². The highest BCUT2D eigenvalue weighted by Crippen LogP contribution is 2.39. The van der Waals surface area contributed by atoms with Crippen LogP contribution in [0.1, 0.15) is 31.2 Å². The lowest BCUT2D eigenvalue weighted by Gasteiger charge is -2.44. The second-order valence-electron chi connectivity index (χ2n) is 6.73. The van der Waals surface area contributed by atoms with E-state index in [1.54, 1.807) is 12.1 Å². The Labute approximate surface area is 136 Å². The molecule has 3 rings (SSSR count). The maximum absolute atomic E-state index is 12.4. The molecule has 2 aliphatic heterocycles. The average molecular weight is 317 g/mol. The number of nitro benzene ring substituents is 1. The lowest BCUT2D eigenvalue weighted by Crippen LogP contribution is -2.47. The summed E-state index contributed by atoms with van der Waals surface area (Å²) < 4.78 is 0. The van der Waals surface area contributed by atoms with Gasteiger partial charge in [0.15, 0.2) is 0 Å². The van der Waals surface area contributed by atoms with Gasteiger partial charge < -0.3 is 10.2 Å². The fraction of sp³-hybridized carbons (Fsp3) is 0.588. The summed E-state index contributed by atoms with van der Waals surface area (Å²) in [5.41, 5.74) is 1.34. The zero-order chi connectivity index (χ0) is 16.3. The molecule has 0 unspecified atom stereocenters. The number of carbonyl (C=O) groups is 1. The van der Waals surface area contributed by atoms with Crippen molar-refractivity contribution in [2.45, 2.75) is 32.1 Å². The summed E-state index contributed by atoms with van der Waals surface area (Å²) in [4.78, 5) is 24.6. The zero-order valence-electron chi connectivity index (χ0n) is 13.3.